The van der Waals surface area contributed by atoms with Crippen LogP contribution in [-0.2, 0) is 6.61 Å². The lowest BCUT2D eigenvalue weighted by Crippen LogP contribution is -2.03. The second-order valence-electron chi connectivity index (χ2n) is 4.30. The van der Waals surface area contributed by atoms with Crippen molar-refractivity contribution in [1.29, 1.82) is 0 Å². The van der Waals surface area contributed by atoms with E-state index in [2.05, 4.69) is 0 Å². The normalized spacial score (nSPS) is 10.3. The van der Waals surface area contributed by atoms with Crippen LogP contribution in [0.1, 0.15) is 29.3 Å². The molecule has 0 fully saturated rings. The summed E-state index contributed by atoms with van der Waals surface area (Å²) >= 11 is 5.94. The number of ether oxygens (including phenoxy) is 1. The molecule has 4 heteroatoms. The SMILES string of the molecule is CCC(=O)c1ccccc1OCc1ccc(F)cc1Cl. The van der Waals surface area contributed by atoms with E-state index in [0.717, 1.165) is 0 Å². The first kappa shape index (κ1) is 14.5. The molecular weight excluding hydrogens is 279 g/mol. The topological polar surface area (TPSA) is 26.3 Å². The van der Waals surface area contributed by atoms with Gasteiger partial charge in [-0.2, -0.15) is 0 Å². The van der Waals surface area contributed by atoms with Crippen LogP contribution in [0.2, 0.25) is 5.02 Å². The van der Waals surface area contributed by atoms with Crippen LogP contribution in [0.5, 0.6) is 5.75 Å². The average molecular weight is 293 g/mol. The first-order valence-electron chi connectivity index (χ1n) is 6.30. The van der Waals surface area contributed by atoms with Crippen LogP contribution in [0.4, 0.5) is 4.39 Å². The largest absolute Gasteiger partial charge is 0.488 e. The summed E-state index contributed by atoms with van der Waals surface area (Å²) in [5.74, 6) is 0.144. The molecule has 0 spiro atoms. The summed E-state index contributed by atoms with van der Waals surface area (Å²) in [5, 5.41) is 0.310. The number of carbonyl (C=O) groups is 1. The highest BCUT2D eigenvalue weighted by atomic mass is 35.5. The number of rotatable bonds is 5. The van der Waals surface area contributed by atoms with Gasteiger partial charge < -0.3 is 4.74 Å². The van der Waals surface area contributed by atoms with Gasteiger partial charge in [0.05, 0.1) is 10.6 Å². The van der Waals surface area contributed by atoms with Crippen LogP contribution in [0.3, 0.4) is 0 Å². The second kappa shape index (κ2) is 6.53. The van der Waals surface area contributed by atoms with E-state index >= 15 is 0 Å². The standard InChI is InChI=1S/C16H14ClFO2/c1-2-15(19)13-5-3-4-6-16(13)20-10-11-7-8-12(18)9-14(11)17/h3-9H,2,10H2,1H3. The predicted molar refractivity (Wildman–Crippen MR) is 76.8 cm³/mol. The van der Waals surface area contributed by atoms with Crippen molar-refractivity contribution in [1.82, 2.24) is 0 Å². The summed E-state index contributed by atoms with van der Waals surface area (Å²) < 4.78 is 18.6. The van der Waals surface area contributed by atoms with Crippen LogP contribution >= 0.6 is 11.6 Å². The van der Waals surface area contributed by atoms with Gasteiger partial charge in [0.2, 0.25) is 0 Å². The zero-order chi connectivity index (χ0) is 14.5. The highest BCUT2D eigenvalue weighted by molar-refractivity contribution is 6.31. The van der Waals surface area contributed by atoms with Gasteiger partial charge >= 0.3 is 0 Å². The summed E-state index contributed by atoms with van der Waals surface area (Å²) in [6.45, 7) is 1.99. The van der Waals surface area contributed by atoms with Crippen LogP contribution in [0, 0.1) is 5.82 Å². The van der Waals surface area contributed by atoms with Gasteiger partial charge in [-0.15, -0.1) is 0 Å². The van der Waals surface area contributed by atoms with Gasteiger partial charge in [-0.25, -0.2) is 4.39 Å². The minimum atomic E-state index is -0.389. The lowest BCUT2D eigenvalue weighted by molar-refractivity contribution is 0.0983. The molecule has 20 heavy (non-hydrogen) atoms. The summed E-state index contributed by atoms with van der Waals surface area (Å²) in [5.41, 5.74) is 1.22. The average Bonchev–Trinajstić information content (AvgIpc) is 2.46. The maximum absolute atomic E-state index is 13.0. The highest BCUT2D eigenvalue weighted by Gasteiger charge is 2.11. The number of hydrogen-bond donors (Lipinski definition) is 0. The Bertz CT molecular complexity index is 626. The minimum Gasteiger partial charge on any atom is -0.488 e. The van der Waals surface area contributed by atoms with Gasteiger partial charge in [0.1, 0.15) is 18.2 Å². The quantitative estimate of drug-likeness (QED) is 0.750. The van der Waals surface area contributed by atoms with Crippen molar-refractivity contribution in [3.63, 3.8) is 0 Å². The lowest BCUT2D eigenvalue weighted by atomic mass is 10.1. The molecule has 0 saturated heterocycles. The fourth-order valence-corrected chi connectivity index (χ4v) is 2.03. The first-order chi connectivity index (χ1) is 9.61. The van der Waals surface area contributed by atoms with Crippen molar-refractivity contribution in [2.75, 3.05) is 0 Å². The van der Waals surface area contributed by atoms with Gasteiger partial charge in [0.25, 0.3) is 0 Å². The molecule has 104 valence electrons. The number of benzene rings is 2. The third-order valence-electron chi connectivity index (χ3n) is 2.91. The fraction of sp³-hybridized carbons (Fsp3) is 0.188. The molecule has 0 aliphatic heterocycles. The summed E-state index contributed by atoms with van der Waals surface area (Å²) in [6, 6.07) is 11.2. The molecule has 2 nitrogen and oxygen atoms in total. The van der Waals surface area contributed by atoms with E-state index < -0.39 is 0 Å². The van der Waals surface area contributed by atoms with E-state index in [-0.39, 0.29) is 18.2 Å². The van der Waals surface area contributed by atoms with Crippen LogP contribution in [0.15, 0.2) is 42.5 Å². The Labute approximate surface area is 122 Å². The Morgan fingerprint density at radius 1 is 1.25 bits per heavy atom. The Balaban J connectivity index is 2.17. The molecule has 0 bridgehead atoms. The smallest absolute Gasteiger partial charge is 0.166 e. The maximum Gasteiger partial charge on any atom is 0.166 e. The lowest BCUT2D eigenvalue weighted by Gasteiger charge is -2.11. The van der Waals surface area contributed by atoms with E-state index in [0.29, 0.717) is 28.3 Å². The first-order valence-corrected chi connectivity index (χ1v) is 6.68. The Hall–Kier alpha value is -1.87. The van der Waals surface area contributed by atoms with Gasteiger partial charge in [-0.3, -0.25) is 4.79 Å². The molecule has 0 atom stereocenters. The molecule has 0 heterocycles. The van der Waals surface area contributed by atoms with Gasteiger partial charge in [0, 0.05) is 12.0 Å². The monoisotopic (exact) mass is 292 g/mol. The molecule has 0 aromatic heterocycles. The van der Waals surface area contributed by atoms with Crippen molar-refractivity contribution >= 4 is 17.4 Å². The third kappa shape index (κ3) is 3.36. The Morgan fingerprint density at radius 2 is 2.00 bits per heavy atom. The number of halogens is 2. The third-order valence-corrected chi connectivity index (χ3v) is 3.26. The van der Waals surface area contributed by atoms with E-state index in [4.69, 9.17) is 16.3 Å². The van der Waals surface area contributed by atoms with E-state index in [1.165, 1.54) is 12.1 Å². The minimum absolute atomic E-state index is 0.0193. The van der Waals surface area contributed by atoms with Gasteiger partial charge in [-0.05, 0) is 24.3 Å². The predicted octanol–water partition coefficient (Wildman–Crippen LogP) is 4.65. The molecule has 0 aliphatic carbocycles. The molecule has 2 aromatic rings. The van der Waals surface area contributed by atoms with Crippen LogP contribution in [0.25, 0.3) is 0 Å². The fourth-order valence-electron chi connectivity index (χ4n) is 1.81. The van der Waals surface area contributed by atoms with Crippen molar-refractivity contribution in [3.05, 3.63) is 64.4 Å². The van der Waals surface area contributed by atoms with E-state index in [9.17, 15) is 9.18 Å². The molecular formula is C16H14ClFO2. The number of hydrogen-bond acceptors (Lipinski definition) is 2. The maximum atomic E-state index is 13.0. The zero-order valence-electron chi connectivity index (χ0n) is 11.0. The molecule has 0 saturated carbocycles. The summed E-state index contributed by atoms with van der Waals surface area (Å²) in [6.07, 6.45) is 0.414. The number of ketones is 1. The molecule has 0 aliphatic rings. The van der Waals surface area contributed by atoms with E-state index in [1.54, 1.807) is 37.3 Å². The second-order valence-corrected chi connectivity index (χ2v) is 4.70. The molecule has 0 radical (unpaired) electrons. The summed E-state index contributed by atoms with van der Waals surface area (Å²) in [7, 11) is 0. The van der Waals surface area contributed by atoms with Crippen LogP contribution in [-0.4, -0.2) is 5.78 Å². The molecule has 0 amide bonds. The van der Waals surface area contributed by atoms with Crippen molar-refractivity contribution in [2.45, 2.75) is 20.0 Å². The van der Waals surface area contributed by atoms with E-state index in [1.807, 2.05) is 0 Å². The van der Waals surface area contributed by atoms with Crippen molar-refractivity contribution < 1.29 is 13.9 Å². The van der Waals surface area contributed by atoms with Gasteiger partial charge in [0.15, 0.2) is 5.78 Å². The molecule has 0 N–H and O–H groups in total. The number of Topliss-reactive ketones (excluding diaryl/α,β-unsaturated/α-hetero) is 1. The molecule has 2 rings (SSSR count). The Kier molecular flexibility index (Phi) is 4.74. The highest BCUT2D eigenvalue weighted by Crippen LogP contribution is 2.23. The summed E-state index contributed by atoms with van der Waals surface area (Å²) in [4.78, 5) is 11.8. The van der Waals surface area contributed by atoms with Crippen LogP contribution < -0.4 is 4.74 Å². The molecule has 2 aromatic carbocycles. The number of para-hydroxylation sites is 1. The molecule has 0 unspecified atom stereocenters. The Morgan fingerprint density at radius 3 is 2.70 bits per heavy atom. The zero-order valence-corrected chi connectivity index (χ0v) is 11.8. The van der Waals surface area contributed by atoms with Gasteiger partial charge in [-0.1, -0.05) is 36.7 Å². The number of carbonyl (C=O) groups excluding carboxylic acids is 1. The van der Waals surface area contributed by atoms with Crippen molar-refractivity contribution in [2.24, 2.45) is 0 Å². The van der Waals surface area contributed by atoms with Crippen molar-refractivity contribution in [3.8, 4) is 5.75 Å².